The molecule has 1 aliphatic carbocycles. The first kappa shape index (κ1) is 14.3. The molecule has 2 atom stereocenters. The van der Waals surface area contributed by atoms with Crippen LogP contribution in [0.3, 0.4) is 0 Å². The first-order valence-corrected chi connectivity index (χ1v) is 5.64. The van der Waals surface area contributed by atoms with Crippen molar-refractivity contribution in [1.82, 2.24) is 5.32 Å². The maximum absolute atomic E-state index is 12.2. The molecular formula is C11H17F3N2O. The van der Waals surface area contributed by atoms with E-state index in [1.54, 1.807) is 6.92 Å². The first-order valence-electron chi connectivity index (χ1n) is 5.64. The standard InChI is InChI=1S/C11H17F3N2O/c1-8(11(12,13)14)17-6-5-10(2,7-15)16-9-3-4-9/h8-9,16H,3-6H2,1-2H3. The van der Waals surface area contributed by atoms with Crippen molar-refractivity contribution < 1.29 is 17.9 Å². The molecule has 17 heavy (non-hydrogen) atoms. The van der Waals surface area contributed by atoms with Crippen molar-refractivity contribution in [3.8, 4) is 6.07 Å². The van der Waals surface area contributed by atoms with Gasteiger partial charge in [0.1, 0.15) is 5.54 Å². The Bertz CT molecular complexity index is 296. The summed E-state index contributed by atoms with van der Waals surface area (Å²) in [6.07, 6.45) is -3.83. The third kappa shape index (κ3) is 4.92. The fourth-order valence-corrected chi connectivity index (χ4v) is 1.37. The Kier molecular flexibility index (Phi) is 4.39. The van der Waals surface area contributed by atoms with Gasteiger partial charge < -0.3 is 4.74 Å². The fraction of sp³-hybridized carbons (Fsp3) is 0.909. The van der Waals surface area contributed by atoms with Crippen molar-refractivity contribution in [1.29, 1.82) is 5.26 Å². The van der Waals surface area contributed by atoms with Crippen LogP contribution in [-0.2, 0) is 4.74 Å². The van der Waals surface area contributed by atoms with E-state index in [0.29, 0.717) is 6.04 Å². The van der Waals surface area contributed by atoms with Crippen LogP contribution >= 0.6 is 0 Å². The summed E-state index contributed by atoms with van der Waals surface area (Å²) in [4.78, 5) is 0. The lowest BCUT2D eigenvalue weighted by Gasteiger charge is -2.24. The van der Waals surface area contributed by atoms with Crippen LogP contribution in [0.5, 0.6) is 0 Å². The molecule has 1 aliphatic rings. The number of hydrogen-bond acceptors (Lipinski definition) is 3. The zero-order valence-corrected chi connectivity index (χ0v) is 9.97. The molecular weight excluding hydrogens is 233 g/mol. The molecule has 1 rings (SSSR count). The van der Waals surface area contributed by atoms with Gasteiger partial charge in [-0.3, -0.25) is 5.32 Å². The molecule has 0 heterocycles. The van der Waals surface area contributed by atoms with Crippen LogP contribution in [0.15, 0.2) is 0 Å². The highest BCUT2D eigenvalue weighted by atomic mass is 19.4. The fourth-order valence-electron chi connectivity index (χ4n) is 1.37. The molecule has 3 nitrogen and oxygen atoms in total. The van der Waals surface area contributed by atoms with E-state index in [1.165, 1.54) is 0 Å². The van der Waals surface area contributed by atoms with Crippen LogP contribution in [0, 0.1) is 11.3 Å². The van der Waals surface area contributed by atoms with Crippen molar-refractivity contribution in [2.45, 2.75) is 57.0 Å². The molecule has 0 bridgehead atoms. The number of ether oxygens (including phenoxy) is 1. The Morgan fingerprint density at radius 3 is 2.47 bits per heavy atom. The summed E-state index contributed by atoms with van der Waals surface area (Å²) in [7, 11) is 0. The van der Waals surface area contributed by atoms with Gasteiger partial charge in [0, 0.05) is 12.5 Å². The van der Waals surface area contributed by atoms with Crippen molar-refractivity contribution >= 4 is 0 Å². The van der Waals surface area contributed by atoms with Gasteiger partial charge >= 0.3 is 6.18 Å². The van der Waals surface area contributed by atoms with Crippen molar-refractivity contribution in [2.75, 3.05) is 6.61 Å². The lowest BCUT2D eigenvalue weighted by Crippen LogP contribution is -2.43. The molecule has 6 heteroatoms. The van der Waals surface area contributed by atoms with E-state index in [-0.39, 0.29) is 13.0 Å². The Morgan fingerprint density at radius 1 is 1.47 bits per heavy atom. The van der Waals surface area contributed by atoms with Gasteiger partial charge in [-0.1, -0.05) is 0 Å². The molecule has 0 radical (unpaired) electrons. The third-order valence-corrected chi connectivity index (χ3v) is 2.78. The maximum Gasteiger partial charge on any atom is 0.414 e. The third-order valence-electron chi connectivity index (χ3n) is 2.78. The second kappa shape index (κ2) is 5.23. The summed E-state index contributed by atoms with van der Waals surface area (Å²) in [5.41, 5.74) is -0.799. The lowest BCUT2D eigenvalue weighted by atomic mass is 10.0. The zero-order valence-electron chi connectivity index (χ0n) is 9.97. The van der Waals surface area contributed by atoms with Crippen LogP contribution in [0.1, 0.15) is 33.1 Å². The monoisotopic (exact) mass is 250 g/mol. The molecule has 98 valence electrons. The average Bonchev–Trinajstić information content (AvgIpc) is 3.00. The number of rotatable bonds is 6. The van der Waals surface area contributed by atoms with E-state index in [9.17, 15) is 13.2 Å². The molecule has 0 saturated heterocycles. The number of nitrogens with zero attached hydrogens (tertiary/aromatic N) is 1. The molecule has 0 aromatic carbocycles. The average molecular weight is 250 g/mol. The topological polar surface area (TPSA) is 45.0 Å². The van der Waals surface area contributed by atoms with Gasteiger partial charge in [0.15, 0.2) is 6.10 Å². The molecule has 0 aromatic heterocycles. The Balaban J connectivity index is 2.30. The van der Waals surface area contributed by atoms with Crippen LogP contribution in [-0.4, -0.2) is 30.5 Å². The Morgan fingerprint density at radius 2 is 2.06 bits per heavy atom. The zero-order chi connectivity index (χ0) is 13.1. The molecule has 0 amide bonds. The summed E-state index contributed by atoms with van der Waals surface area (Å²) >= 11 is 0. The highest BCUT2D eigenvalue weighted by Gasteiger charge is 2.38. The predicted octanol–water partition coefficient (Wildman–Crippen LogP) is 2.38. The second-order valence-corrected chi connectivity index (χ2v) is 4.67. The maximum atomic E-state index is 12.2. The molecule has 1 fully saturated rings. The van der Waals surface area contributed by atoms with Gasteiger partial charge in [-0.2, -0.15) is 18.4 Å². The van der Waals surface area contributed by atoms with E-state index < -0.39 is 17.8 Å². The minimum absolute atomic E-state index is 0.0789. The summed E-state index contributed by atoms with van der Waals surface area (Å²) in [5, 5.41) is 12.1. The Labute approximate surface area is 98.9 Å². The number of alkyl halides is 3. The van der Waals surface area contributed by atoms with E-state index in [2.05, 4.69) is 16.1 Å². The van der Waals surface area contributed by atoms with Crippen molar-refractivity contribution in [3.63, 3.8) is 0 Å². The molecule has 0 spiro atoms. The number of nitrogens with one attached hydrogen (secondary N) is 1. The second-order valence-electron chi connectivity index (χ2n) is 4.67. The lowest BCUT2D eigenvalue weighted by molar-refractivity contribution is -0.214. The normalized spacial score (nSPS) is 21.6. The Hall–Kier alpha value is -0.800. The van der Waals surface area contributed by atoms with Gasteiger partial charge in [-0.05, 0) is 26.7 Å². The van der Waals surface area contributed by atoms with Crippen LogP contribution in [0.4, 0.5) is 13.2 Å². The minimum Gasteiger partial charge on any atom is -0.369 e. The highest BCUT2D eigenvalue weighted by Crippen LogP contribution is 2.25. The minimum atomic E-state index is -4.34. The van der Waals surface area contributed by atoms with Gasteiger partial charge in [0.2, 0.25) is 0 Å². The summed E-state index contributed by atoms with van der Waals surface area (Å²) in [6.45, 7) is 2.58. The predicted molar refractivity (Wildman–Crippen MR) is 56.3 cm³/mol. The van der Waals surface area contributed by atoms with Gasteiger partial charge in [0.25, 0.3) is 0 Å². The molecule has 1 N–H and O–H groups in total. The van der Waals surface area contributed by atoms with E-state index in [1.807, 2.05) is 0 Å². The number of halogens is 3. The summed E-state index contributed by atoms with van der Waals surface area (Å²) in [6, 6.07) is 2.42. The molecule has 1 saturated carbocycles. The quantitative estimate of drug-likeness (QED) is 0.787. The van der Waals surface area contributed by atoms with Crippen LogP contribution in [0.2, 0.25) is 0 Å². The molecule has 0 aliphatic heterocycles. The van der Waals surface area contributed by atoms with E-state index in [0.717, 1.165) is 19.8 Å². The van der Waals surface area contributed by atoms with Crippen LogP contribution < -0.4 is 5.32 Å². The van der Waals surface area contributed by atoms with Gasteiger partial charge in [0.05, 0.1) is 12.7 Å². The van der Waals surface area contributed by atoms with E-state index >= 15 is 0 Å². The number of nitriles is 1. The summed E-state index contributed by atoms with van der Waals surface area (Å²) < 4.78 is 41.2. The first-order chi connectivity index (χ1) is 7.77. The SMILES string of the molecule is CC(OCCC(C)(C#N)NC1CC1)C(F)(F)F. The van der Waals surface area contributed by atoms with E-state index in [4.69, 9.17) is 5.26 Å². The molecule has 0 aromatic rings. The van der Waals surface area contributed by atoms with Crippen molar-refractivity contribution in [2.24, 2.45) is 0 Å². The highest BCUT2D eigenvalue weighted by molar-refractivity contribution is 5.07. The number of hydrogen-bond donors (Lipinski definition) is 1. The molecule has 2 unspecified atom stereocenters. The smallest absolute Gasteiger partial charge is 0.369 e. The van der Waals surface area contributed by atoms with Gasteiger partial charge in [-0.25, -0.2) is 0 Å². The largest absolute Gasteiger partial charge is 0.414 e. The van der Waals surface area contributed by atoms with Crippen LogP contribution in [0.25, 0.3) is 0 Å². The summed E-state index contributed by atoms with van der Waals surface area (Å²) in [5.74, 6) is 0. The van der Waals surface area contributed by atoms with Crippen molar-refractivity contribution in [3.05, 3.63) is 0 Å². The van der Waals surface area contributed by atoms with Gasteiger partial charge in [-0.15, -0.1) is 0 Å².